The van der Waals surface area contributed by atoms with E-state index >= 15 is 0 Å². The number of carbonyl (C=O) groups excluding carboxylic acids is 1. The molecule has 0 bridgehead atoms. The summed E-state index contributed by atoms with van der Waals surface area (Å²) in [6.07, 6.45) is 0.651. The highest BCUT2D eigenvalue weighted by molar-refractivity contribution is 5.82. The van der Waals surface area contributed by atoms with E-state index in [1.165, 1.54) is 24.3 Å². The summed E-state index contributed by atoms with van der Waals surface area (Å²) in [5, 5.41) is 10.2. The van der Waals surface area contributed by atoms with E-state index < -0.39 is 6.10 Å². The van der Waals surface area contributed by atoms with Gasteiger partial charge in [0.25, 0.3) is 5.91 Å². The first-order chi connectivity index (χ1) is 10.1. The summed E-state index contributed by atoms with van der Waals surface area (Å²) in [6, 6.07) is 5.39. The van der Waals surface area contributed by atoms with Gasteiger partial charge in [-0.15, -0.1) is 0 Å². The Morgan fingerprint density at radius 3 is 2.57 bits per heavy atom. The van der Waals surface area contributed by atoms with E-state index in [1.807, 2.05) is 6.92 Å². The second-order valence-corrected chi connectivity index (χ2v) is 5.39. The van der Waals surface area contributed by atoms with E-state index in [1.54, 1.807) is 4.90 Å². The maximum absolute atomic E-state index is 12.9. The van der Waals surface area contributed by atoms with Crippen LogP contribution in [0.1, 0.15) is 31.4 Å². The Kier molecular flexibility index (Phi) is 5.70. The van der Waals surface area contributed by atoms with Crippen LogP contribution >= 0.6 is 0 Å². The van der Waals surface area contributed by atoms with Crippen LogP contribution in [0.4, 0.5) is 4.39 Å². The number of hydrogen-bond donors (Lipinski definition) is 1. The number of likely N-dealkylation sites (N-methyl/N-ethyl adjacent to an activating group) is 1. The van der Waals surface area contributed by atoms with Gasteiger partial charge in [0, 0.05) is 26.3 Å². The summed E-state index contributed by atoms with van der Waals surface area (Å²) in [6.45, 7) is 4.55. The number of nitrogens with zero attached hydrogens (tertiary/aromatic N) is 1. The molecule has 1 atom stereocenters. The van der Waals surface area contributed by atoms with Gasteiger partial charge < -0.3 is 14.7 Å². The molecule has 0 spiro atoms. The molecule has 5 heteroatoms. The lowest BCUT2D eigenvalue weighted by Gasteiger charge is -2.30. The molecule has 0 aliphatic carbocycles. The van der Waals surface area contributed by atoms with Crippen LogP contribution in [0.25, 0.3) is 0 Å². The molecule has 0 saturated carbocycles. The molecule has 1 aliphatic rings. The van der Waals surface area contributed by atoms with Crippen molar-refractivity contribution in [2.45, 2.75) is 25.9 Å². The molecular weight excluding hydrogens is 273 g/mol. The van der Waals surface area contributed by atoms with E-state index in [-0.39, 0.29) is 11.7 Å². The van der Waals surface area contributed by atoms with Gasteiger partial charge in [0.15, 0.2) is 6.10 Å². The number of hydrogen-bond acceptors (Lipinski definition) is 3. The first kappa shape index (κ1) is 15.9. The van der Waals surface area contributed by atoms with E-state index in [0.29, 0.717) is 24.6 Å². The molecule has 21 heavy (non-hydrogen) atoms. The van der Waals surface area contributed by atoms with Crippen molar-refractivity contribution in [3.8, 4) is 0 Å². The minimum Gasteiger partial charge on any atom is -0.381 e. The van der Waals surface area contributed by atoms with Crippen LogP contribution in [0.2, 0.25) is 0 Å². The molecule has 1 heterocycles. The van der Waals surface area contributed by atoms with Crippen molar-refractivity contribution in [3.63, 3.8) is 0 Å². The number of rotatable bonds is 5. The van der Waals surface area contributed by atoms with E-state index in [0.717, 1.165) is 26.1 Å². The number of halogens is 1. The molecule has 1 saturated heterocycles. The van der Waals surface area contributed by atoms with Crippen LogP contribution in [-0.2, 0) is 9.53 Å². The average molecular weight is 295 g/mol. The molecule has 1 fully saturated rings. The number of aliphatic hydroxyl groups is 1. The molecule has 1 aromatic carbocycles. The summed E-state index contributed by atoms with van der Waals surface area (Å²) < 4.78 is 18.2. The fourth-order valence-electron chi connectivity index (χ4n) is 2.58. The van der Waals surface area contributed by atoms with Gasteiger partial charge in [0.05, 0.1) is 0 Å². The van der Waals surface area contributed by atoms with Gasteiger partial charge in [-0.2, -0.15) is 0 Å². The van der Waals surface area contributed by atoms with Crippen LogP contribution < -0.4 is 0 Å². The summed E-state index contributed by atoms with van der Waals surface area (Å²) in [5.41, 5.74) is 0.423. The number of benzene rings is 1. The van der Waals surface area contributed by atoms with Crippen LogP contribution in [0, 0.1) is 11.7 Å². The highest BCUT2D eigenvalue weighted by Gasteiger charge is 2.25. The highest BCUT2D eigenvalue weighted by atomic mass is 19.1. The van der Waals surface area contributed by atoms with E-state index in [2.05, 4.69) is 0 Å². The lowest BCUT2D eigenvalue weighted by molar-refractivity contribution is -0.141. The van der Waals surface area contributed by atoms with Gasteiger partial charge >= 0.3 is 0 Å². The molecule has 4 nitrogen and oxygen atoms in total. The largest absolute Gasteiger partial charge is 0.381 e. The molecule has 1 unspecified atom stereocenters. The summed E-state index contributed by atoms with van der Waals surface area (Å²) in [4.78, 5) is 14.1. The van der Waals surface area contributed by atoms with Crippen molar-refractivity contribution in [2.75, 3.05) is 26.3 Å². The van der Waals surface area contributed by atoms with Gasteiger partial charge in [-0.3, -0.25) is 4.79 Å². The number of carbonyl (C=O) groups is 1. The van der Waals surface area contributed by atoms with Crippen LogP contribution in [0.15, 0.2) is 24.3 Å². The Bertz CT molecular complexity index is 457. The lowest BCUT2D eigenvalue weighted by atomic mass is 9.99. The minimum atomic E-state index is -1.23. The van der Waals surface area contributed by atoms with Crippen LogP contribution in [0.3, 0.4) is 0 Å². The van der Waals surface area contributed by atoms with Crippen molar-refractivity contribution in [1.29, 1.82) is 0 Å². The van der Waals surface area contributed by atoms with Gasteiger partial charge in [-0.1, -0.05) is 12.1 Å². The van der Waals surface area contributed by atoms with Crippen molar-refractivity contribution >= 4 is 5.91 Å². The smallest absolute Gasteiger partial charge is 0.256 e. The maximum atomic E-state index is 12.9. The average Bonchev–Trinajstić information content (AvgIpc) is 2.53. The Morgan fingerprint density at radius 1 is 1.38 bits per heavy atom. The van der Waals surface area contributed by atoms with E-state index in [4.69, 9.17) is 4.74 Å². The second-order valence-electron chi connectivity index (χ2n) is 5.39. The van der Waals surface area contributed by atoms with Gasteiger partial charge in [0.2, 0.25) is 0 Å². The Hall–Kier alpha value is -1.46. The van der Waals surface area contributed by atoms with Gasteiger partial charge in [-0.25, -0.2) is 4.39 Å². The zero-order valence-corrected chi connectivity index (χ0v) is 12.3. The van der Waals surface area contributed by atoms with Crippen molar-refractivity contribution in [1.82, 2.24) is 4.90 Å². The Morgan fingerprint density at radius 2 is 2.00 bits per heavy atom. The van der Waals surface area contributed by atoms with Crippen LogP contribution in [0.5, 0.6) is 0 Å². The molecule has 0 aromatic heterocycles. The van der Waals surface area contributed by atoms with Gasteiger partial charge in [0.1, 0.15) is 5.82 Å². The second kappa shape index (κ2) is 7.52. The first-order valence-corrected chi connectivity index (χ1v) is 7.42. The monoisotopic (exact) mass is 295 g/mol. The standard InChI is InChI=1S/C16H22FNO3/c1-2-18(11-12-7-9-21-10-8-12)16(20)15(19)13-3-5-14(17)6-4-13/h3-6,12,15,19H,2,7-11H2,1H3. The quantitative estimate of drug-likeness (QED) is 0.905. The molecule has 0 radical (unpaired) electrons. The maximum Gasteiger partial charge on any atom is 0.256 e. The molecule has 116 valence electrons. The zero-order chi connectivity index (χ0) is 15.2. The number of amides is 1. The zero-order valence-electron chi connectivity index (χ0n) is 12.3. The predicted octanol–water partition coefficient (Wildman–Crippen LogP) is 2.13. The fourth-order valence-corrected chi connectivity index (χ4v) is 2.58. The summed E-state index contributed by atoms with van der Waals surface area (Å²) in [5.74, 6) is -0.286. The third-order valence-electron chi connectivity index (χ3n) is 3.93. The van der Waals surface area contributed by atoms with E-state index in [9.17, 15) is 14.3 Å². The normalized spacial score (nSPS) is 17.5. The van der Waals surface area contributed by atoms with Crippen molar-refractivity contribution < 1.29 is 19.0 Å². The molecule has 1 aliphatic heterocycles. The molecule has 2 rings (SSSR count). The predicted molar refractivity (Wildman–Crippen MR) is 77.2 cm³/mol. The Balaban J connectivity index is 1.99. The van der Waals surface area contributed by atoms with Gasteiger partial charge in [-0.05, 0) is 43.4 Å². The van der Waals surface area contributed by atoms with Crippen molar-refractivity contribution in [2.24, 2.45) is 5.92 Å². The Labute approximate surface area is 124 Å². The molecule has 1 aromatic rings. The number of ether oxygens (including phenoxy) is 1. The molecule has 1 amide bonds. The third-order valence-corrected chi connectivity index (χ3v) is 3.93. The summed E-state index contributed by atoms with van der Waals surface area (Å²) in [7, 11) is 0. The topological polar surface area (TPSA) is 49.8 Å². The number of aliphatic hydroxyl groups excluding tert-OH is 1. The highest BCUT2D eigenvalue weighted by Crippen LogP contribution is 2.20. The van der Waals surface area contributed by atoms with Crippen molar-refractivity contribution in [3.05, 3.63) is 35.6 Å². The van der Waals surface area contributed by atoms with Crippen LogP contribution in [-0.4, -0.2) is 42.2 Å². The molecule has 1 N–H and O–H groups in total. The molecular formula is C16H22FNO3. The fraction of sp³-hybridized carbons (Fsp3) is 0.562. The first-order valence-electron chi connectivity index (χ1n) is 7.42. The lowest BCUT2D eigenvalue weighted by Crippen LogP contribution is -2.39. The third kappa shape index (κ3) is 4.25. The summed E-state index contributed by atoms with van der Waals surface area (Å²) >= 11 is 0. The minimum absolute atomic E-state index is 0.324. The SMILES string of the molecule is CCN(CC1CCOCC1)C(=O)C(O)c1ccc(F)cc1.